The molecule has 2 unspecified atom stereocenters. The van der Waals surface area contributed by atoms with Gasteiger partial charge in [-0.15, -0.1) is 0 Å². The third-order valence-corrected chi connectivity index (χ3v) is 3.05. The number of aromatic nitrogens is 1. The number of ether oxygens (including phenoxy) is 1. The topological polar surface area (TPSA) is 34.1 Å². The number of nitrogens with zero attached hydrogens (tertiary/aromatic N) is 1. The van der Waals surface area contributed by atoms with Crippen LogP contribution in [0.3, 0.4) is 0 Å². The van der Waals surface area contributed by atoms with Gasteiger partial charge in [0.15, 0.2) is 0 Å². The number of nitrogens with one attached hydrogen (secondary N) is 1. The largest absolute Gasteiger partial charge is 0.379 e. The minimum atomic E-state index is -0.449. The summed E-state index contributed by atoms with van der Waals surface area (Å²) in [6, 6.07) is 5.03. The Bertz CT molecular complexity index is 346. The Morgan fingerprint density at radius 3 is 2.94 bits per heavy atom. The average molecular weight is 224 g/mol. The average Bonchev–Trinajstić information content (AvgIpc) is 2.30. The number of methoxy groups -OCH3 is 1. The molecule has 1 aromatic rings. The van der Waals surface area contributed by atoms with Crippen molar-refractivity contribution >= 4 is 5.82 Å². The van der Waals surface area contributed by atoms with Crippen molar-refractivity contribution in [3.63, 3.8) is 0 Å². The van der Waals surface area contributed by atoms with Crippen molar-refractivity contribution in [3.05, 3.63) is 24.1 Å². The predicted molar refractivity (Wildman–Crippen MR) is 60.9 cm³/mol. The minimum absolute atomic E-state index is 0.207. The van der Waals surface area contributed by atoms with Gasteiger partial charge in [0.2, 0.25) is 5.95 Å². The zero-order chi connectivity index (χ0) is 11.4. The Morgan fingerprint density at radius 1 is 1.38 bits per heavy atom. The van der Waals surface area contributed by atoms with Gasteiger partial charge in [0.25, 0.3) is 0 Å². The lowest BCUT2D eigenvalue weighted by Gasteiger charge is -2.31. The van der Waals surface area contributed by atoms with Crippen molar-refractivity contribution in [1.29, 1.82) is 0 Å². The highest BCUT2D eigenvalue weighted by molar-refractivity contribution is 5.35. The first-order chi connectivity index (χ1) is 7.79. The van der Waals surface area contributed by atoms with Gasteiger partial charge < -0.3 is 10.1 Å². The van der Waals surface area contributed by atoms with E-state index >= 15 is 0 Å². The number of halogens is 1. The van der Waals surface area contributed by atoms with E-state index < -0.39 is 5.95 Å². The molecule has 1 aliphatic rings. The summed E-state index contributed by atoms with van der Waals surface area (Å²) in [6.07, 6.45) is 4.71. The van der Waals surface area contributed by atoms with Crippen molar-refractivity contribution in [2.45, 2.75) is 37.8 Å². The highest BCUT2D eigenvalue weighted by atomic mass is 19.1. The van der Waals surface area contributed by atoms with E-state index in [9.17, 15) is 4.39 Å². The third-order valence-electron chi connectivity index (χ3n) is 3.05. The molecule has 1 heterocycles. The highest BCUT2D eigenvalue weighted by Gasteiger charge is 2.24. The van der Waals surface area contributed by atoms with E-state index in [0.717, 1.165) is 12.8 Å². The van der Waals surface area contributed by atoms with E-state index in [1.165, 1.54) is 18.9 Å². The first kappa shape index (κ1) is 11.3. The Balaban J connectivity index is 2.02. The monoisotopic (exact) mass is 224 g/mol. The van der Waals surface area contributed by atoms with Crippen LogP contribution in [0.1, 0.15) is 25.7 Å². The van der Waals surface area contributed by atoms with Crippen molar-refractivity contribution in [1.82, 2.24) is 4.98 Å². The van der Waals surface area contributed by atoms with Crippen LogP contribution in [0.4, 0.5) is 10.2 Å². The fraction of sp³-hybridized carbons (Fsp3) is 0.583. The van der Waals surface area contributed by atoms with E-state index in [2.05, 4.69) is 10.3 Å². The maximum Gasteiger partial charge on any atom is 0.214 e. The van der Waals surface area contributed by atoms with Crippen LogP contribution in [-0.4, -0.2) is 24.2 Å². The molecule has 3 nitrogen and oxygen atoms in total. The third kappa shape index (κ3) is 2.70. The van der Waals surface area contributed by atoms with Gasteiger partial charge in [0.1, 0.15) is 5.82 Å². The molecule has 2 atom stereocenters. The second-order valence-electron chi connectivity index (χ2n) is 4.15. The van der Waals surface area contributed by atoms with Gasteiger partial charge >= 0.3 is 0 Å². The maximum absolute atomic E-state index is 12.9. The zero-order valence-corrected chi connectivity index (χ0v) is 9.45. The van der Waals surface area contributed by atoms with Crippen LogP contribution in [0.25, 0.3) is 0 Å². The van der Waals surface area contributed by atoms with Crippen LogP contribution in [0.15, 0.2) is 18.2 Å². The van der Waals surface area contributed by atoms with Crippen LogP contribution in [0.2, 0.25) is 0 Å². The lowest BCUT2D eigenvalue weighted by atomic mass is 9.92. The molecular formula is C12H17FN2O. The summed E-state index contributed by atoms with van der Waals surface area (Å²) in [5, 5.41) is 3.25. The number of pyridine rings is 1. The first-order valence-corrected chi connectivity index (χ1v) is 5.71. The summed E-state index contributed by atoms with van der Waals surface area (Å²) < 4.78 is 18.3. The molecule has 1 aliphatic carbocycles. The highest BCUT2D eigenvalue weighted by Crippen LogP contribution is 2.23. The maximum atomic E-state index is 12.9. The quantitative estimate of drug-likeness (QED) is 0.801. The molecule has 1 saturated carbocycles. The molecule has 16 heavy (non-hydrogen) atoms. The van der Waals surface area contributed by atoms with Gasteiger partial charge in [0.05, 0.1) is 12.1 Å². The summed E-state index contributed by atoms with van der Waals surface area (Å²) in [7, 11) is 1.73. The van der Waals surface area contributed by atoms with Gasteiger partial charge in [-0.25, -0.2) is 4.98 Å². The molecule has 2 rings (SSSR count). The summed E-state index contributed by atoms with van der Waals surface area (Å²) in [5.41, 5.74) is 0. The van der Waals surface area contributed by atoms with Gasteiger partial charge in [-0.1, -0.05) is 18.9 Å². The van der Waals surface area contributed by atoms with Crippen LogP contribution in [-0.2, 0) is 4.74 Å². The van der Waals surface area contributed by atoms with Gasteiger partial charge in [-0.05, 0) is 25.0 Å². The number of rotatable bonds is 3. The number of hydrogen-bond donors (Lipinski definition) is 1. The summed E-state index contributed by atoms with van der Waals surface area (Å²) >= 11 is 0. The van der Waals surface area contributed by atoms with E-state index in [1.807, 2.05) is 0 Å². The van der Waals surface area contributed by atoms with E-state index in [-0.39, 0.29) is 12.1 Å². The molecule has 0 spiro atoms. The van der Waals surface area contributed by atoms with E-state index in [1.54, 1.807) is 19.2 Å². The minimum Gasteiger partial charge on any atom is -0.379 e. The Kier molecular flexibility index (Phi) is 3.72. The van der Waals surface area contributed by atoms with E-state index in [0.29, 0.717) is 5.82 Å². The van der Waals surface area contributed by atoms with Crippen LogP contribution in [0.5, 0.6) is 0 Å². The number of hydrogen-bond acceptors (Lipinski definition) is 3. The van der Waals surface area contributed by atoms with Crippen molar-refractivity contribution in [2.75, 3.05) is 12.4 Å². The smallest absolute Gasteiger partial charge is 0.214 e. The van der Waals surface area contributed by atoms with Crippen LogP contribution in [0, 0.1) is 5.95 Å². The molecule has 0 amide bonds. The molecule has 88 valence electrons. The lowest BCUT2D eigenvalue weighted by Crippen LogP contribution is -2.38. The second kappa shape index (κ2) is 5.25. The predicted octanol–water partition coefficient (Wildman–Crippen LogP) is 2.59. The zero-order valence-electron chi connectivity index (χ0n) is 9.45. The van der Waals surface area contributed by atoms with Crippen molar-refractivity contribution in [2.24, 2.45) is 0 Å². The Hall–Kier alpha value is -1.16. The molecule has 0 bridgehead atoms. The molecular weight excluding hydrogens is 207 g/mol. The number of anilines is 1. The Morgan fingerprint density at radius 2 is 2.19 bits per heavy atom. The molecule has 0 aromatic carbocycles. The van der Waals surface area contributed by atoms with Crippen molar-refractivity contribution < 1.29 is 9.13 Å². The van der Waals surface area contributed by atoms with Gasteiger partial charge in [-0.2, -0.15) is 4.39 Å². The van der Waals surface area contributed by atoms with Crippen molar-refractivity contribution in [3.8, 4) is 0 Å². The van der Waals surface area contributed by atoms with Crippen LogP contribution < -0.4 is 5.32 Å². The first-order valence-electron chi connectivity index (χ1n) is 5.71. The molecule has 1 fully saturated rings. The summed E-state index contributed by atoms with van der Waals surface area (Å²) in [4.78, 5) is 3.80. The van der Waals surface area contributed by atoms with Gasteiger partial charge in [-0.3, -0.25) is 0 Å². The molecule has 1 N–H and O–H groups in total. The molecule has 0 saturated heterocycles. The Labute approximate surface area is 95.0 Å². The molecule has 0 aliphatic heterocycles. The summed E-state index contributed by atoms with van der Waals surface area (Å²) in [6.45, 7) is 0. The lowest BCUT2D eigenvalue weighted by molar-refractivity contribution is 0.0605. The van der Waals surface area contributed by atoms with Crippen LogP contribution >= 0.6 is 0 Å². The fourth-order valence-electron chi connectivity index (χ4n) is 2.22. The normalized spacial score (nSPS) is 25.4. The standard InChI is InChI=1S/C12H17FN2O/c1-16-10-6-3-2-5-9(10)14-12-8-4-7-11(13)15-12/h4,7-10H,2-3,5-6H2,1H3,(H,14,15). The van der Waals surface area contributed by atoms with E-state index in [4.69, 9.17) is 4.74 Å². The fourth-order valence-corrected chi connectivity index (χ4v) is 2.22. The van der Waals surface area contributed by atoms with Gasteiger partial charge in [0, 0.05) is 7.11 Å². The molecule has 0 radical (unpaired) electrons. The second-order valence-corrected chi connectivity index (χ2v) is 4.15. The summed E-state index contributed by atoms with van der Waals surface area (Å²) in [5.74, 6) is 0.142. The SMILES string of the molecule is COC1CCCCC1Nc1cccc(F)n1. The molecule has 4 heteroatoms. The molecule has 1 aromatic heterocycles.